The highest BCUT2D eigenvalue weighted by molar-refractivity contribution is 5.67. The van der Waals surface area contributed by atoms with Gasteiger partial charge in [-0.2, -0.15) is 0 Å². The minimum atomic E-state index is -0.692. The van der Waals surface area contributed by atoms with Crippen LogP contribution in [-0.2, 0) is 4.79 Å². The summed E-state index contributed by atoms with van der Waals surface area (Å²) in [6.07, 6.45) is 8.26. The molecule has 1 saturated heterocycles. The van der Waals surface area contributed by atoms with Crippen molar-refractivity contribution in [1.29, 1.82) is 0 Å². The zero-order valence-electron chi connectivity index (χ0n) is 11.4. The normalized spacial score (nSPS) is 32.1. The first-order chi connectivity index (χ1) is 8.66. The van der Waals surface area contributed by atoms with Crippen LogP contribution in [0.2, 0.25) is 0 Å². The molecule has 0 aromatic carbocycles. The van der Waals surface area contributed by atoms with Crippen molar-refractivity contribution >= 4 is 5.97 Å². The van der Waals surface area contributed by atoms with E-state index >= 15 is 0 Å². The number of hydrogen-bond acceptors (Lipinski definition) is 3. The van der Waals surface area contributed by atoms with Crippen LogP contribution in [0.25, 0.3) is 0 Å². The molecule has 104 valence electrons. The van der Waals surface area contributed by atoms with E-state index in [9.17, 15) is 4.79 Å². The molecule has 0 spiro atoms. The number of rotatable bonds is 3. The molecule has 1 heterocycles. The summed E-state index contributed by atoms with van der Waals surface area (Å²) in [5.74, 6) is -0.692. The monoisotopic (exact) mass is 254 g/mol. The van der Waals surface area contributed by atoms with Crippen LogP contribution < -0.4 is 5.32 Å². The van der Waals surface area contributed by atoms with E-state index in [-0.39, 0.29) is 12.5 Å². The Hall–Kier alpha value is -0.610. The number of nitrogens with one attached hydrogen (secondary N) is 1. The number of carbonyl (C=O) groups is 1. The van der Waals surface area contributed by atoms with Gasteiger partial charge in [-0.25, -0.2) is 0 Å². The van der Waals surface area contributed by atoms with Crippen molar-refractivity contribution in [2.24, 2.45) is 0 Å². The molecular formula is C14H26N2O2. The lowest BCUT2D eigenvalue weighted by Crippen LogP contribution is -2.58. The fourth-order valence-corrected chi connectivity index (χ4v) is 3.40. The van der Waals surface area contributed by atoms with Gasteiger partial charge in [0, 0.05) is 31.2 Å². The minimum absolute atomic E-state index is 0.127. The fraction of sp³-hybridized carbons (Fsp3) is 0.929. The first kappa shape index (κ1) is 13.8. The van der Waals surface area contributed by atoms with E-state index in [1.165, 1.54) is 38.5 Å². The lowest BCUT2D eigenvalue weighted by atomic mass is 10.00. The number of hydrogen-bond donors (Lipinski definition) is 2. The van der Waals surface area contributed by atoms with E-state index in [1.54, 1.807) is 0 Å². The maximum atomic E-state index is 10.8. The summed E-state index contributed by atoms with van der Waals surface area (Å²) in [5, 5.41) is 12.3. The van der Waals surface area contributed by atoms with E-state index in [4.69, 9.17) is 5.11 Å². The Bertz CT molecular complexity index is 275. The van der Waals surface area contributed by atoms with Gasteiger partial charge in [-0.15, -0.1) is 0 Å². The van der Waals surface area contributed by atoms with Gasteiger partial charge in [-0.05, 0) is 19.8 Å². The quantitative estimate of drug-likeness (QED) is 0.755. The molecule has 1 saturated carbocycles. The summed E-state index contributed by atoms with van der Waals surface area (Å²) < 4.78 is 0. The zero-order valence-corrected chi connectivity index (χ0v) is 11.4. The molecule has 2 unspecified atom stereocenters. The number of nitrogens with zero attached hydrogens (tertiary/aromatic N) is 1. The second-order valence-corrected chi connectivity index (χ2v) is 5.89. The lowest BCUT2D eigenvalue weighted by molar-refractivity contribution is -0.138. The first-order valence-corrected chi connectivity index (χ1v) is 7.37. The number of piperazine rings is 1. The van der Waals surface area contributed by atoms with Crippen LogP contribution >= 0.6 is 0 Å². The highest BCUT2D eigenvalue weighted by Crippen LogP contribution is 2.25. The van der Waals surface area contributed by atoms with Gasteiger partial charge in [-0.1, -0.05) is 25.7 Å². The molecule has 18 heavy (non-hydrogen) atoms. The Kier molecular flexibility index (Phi) is 5.01. The van der Waals surface area contributed by atoms with Gasteiger partial charge in [0.2, 0.25) is 0 Å². The zero-order chi connectivity index (χ0) is 13.0. The smallest absolute Gasteiger partial charge is 0.304 e. The standard InChI is InChI=1S/C14H26N2O2/c1-11-9-15-12(8-14(17)18)10-16(11)13-6-4-2-3-5-7-13/h11-13,15H,2-10H2,1H3,(H,17,18). The third-order valence-electron chi connectivity index (χ3n) is 4.41. The molecule has 1 aliphatic heterocycles. The summed E-state index contributed by atoms with van der Waals surface area (Å²) >= 11 is 0. The summed E-state index contributed by atoms with van der Waals surface area (Å²) in [7, 11) is 0. The first-order valence-electron chi connectivity index (χ1n) is 7.37. The van der Waals surface area contributed by atoms with Gasteiger partial charge in [0.05, 0.1) is 6.42 Å². The summed E-state index contributed by atoms with van der Waals surface area (Å²) in [6, 6.07) is 1.35. The van der Waals surface area contributed by atoms with Crippen molar-refractivity contribution in [3.05, 3.63) is 0 Å². The predicted molar refractivity (Wildman–Crippen MR) is 71.7 cm³/mol. The van der Waals surface area contributed by atoms with E-state index < -0.39 is 5.97 Å². The maximum absolute atomic E-state index is 10.8. The fourth-order valence-electron chi connectivity index (χ4n) is 3.40. The van der Waals surface area contributed by atoms with Gasteiger partial charge in [0.1, 0.15) is 0 Å². The SMILES string of the molecule is CC1CNC(CC(=O)O)CN1C1CCCCCC1. The second-order valence-electron chi connectivity index (χ2n) is 5.89. The Labute approximate surface area is 110 Å². The number of carboxylic acid groups (broad SMARTS) is 1. The molecule has 0 amide bonds. The molecule has 0 aromatic heterocycles. The highest BCUT2D eigenvalue weighted by Gasteiger charge is 2.31. The van der Waals surface area contributed by atoms with Gasteiger partial charge in [0.25, 0.3) is 0 Å². The summed E-state index contributed by atoms with van der Waals surface area (Å²) in [5.41, 5.74) is 0. The van der Waals surface area contributed by atoms with Crippen LogP contribution in [0.4, 0.5) is 0 Å². The molecule has 2 N–H and O–H groups in total. The van der Waals surface area contributed by atoms with Crippen molar-refractivity contribution in [3.63, 3.8) is 0 Å². The number of carboxylic acids is 1. The van der Waals surface area contributed by atoms with Crippen molar-refractivity contribution in [2.75, 3.05) is 13.1 Å². The van der Waals surface area contributed by atoms with Gasteiger partial charge < -0.3 is 10.4 Å². The third kappa shape index (κ3) is 3.69. The molecule has 4 heteroatoms. The Balaban J connectivity index is 1.93. The van der Waals surface area contributed by atoms with Crippen molar-refractivity contribution in [2.45, 2.75) is 70.0 Å². The molecule has 4 nitrogen and oxygen atoms in total. The van der Waals surface area contributed by atoms with Crippen molar-refractivity contribution < 1.29 is 9.90 Å². The van der Waals surface area contributed by atoms with Crippen molar-refractivity contribution in [3.8, 4) is 0 Å². The van der Waals surface area contributed by atoms with Crippen LogP contribution in [0, 0.1) is 0 Å². The van der Waals surface area contributed by atoms with Gasteiger partial charge in [-0.3, -0.25) is 9.69 Å². The molecule has 0 radical (unpaired) electrons. The summed E-state index contributed by atoms with van der Waals surface area (Å²) in [4.78, 5) is 13.4. The predicted octanol–water partition coefficient (Wildman–Crippen LogP) is 1.85. The molecule has 1 aliphatic carbocycles. The molecule has 2 fully saturated rings. The van der Waals surface area contributed by atoms with E-state index in [2.05, 4.69) is 17.1 Å². The Morgan fingerprint density at radius 2 is 1.94 bits per heavy atom. The van der Waals surface area contributed by atoms with E-state index in [0.717, 1.165) is 13.1 Å². The third-order valence-corrected chi connectivity index (χ3v) is 4.41. The molecule has 0 bridgehead atoms. The van der Waals surface area contributed by atoms with E-state index in [1.807, 2.05) is 0 Å². The summed E-state index contributed by atoms with van der Waals surface area (Å²) in [6.45, 7) is 4.08. The minimum Gasteiger partial charge on any atom is -0.481 e. The molecule has 2 atom stereocenters. The molecule has 2 rings (SSSR count). The maximum Gasteiger partial charge on any atom is 0.304 e. The average molecular weight is 254 g/mol. The Morgan fingerprint density at radius 3 is 2.56 bits per heavy atom. The van der Waals surface area contributed by atoms with Crippen LogP contribution in [0.5, 0.6) is 0 Å². The van der Waals surface area contributed by atoms with Crippen LogP contribution in [0.15, 0.2) is 0 Å². The average Bonchev–Trinajstić information content (AvgIpc) is 2.59. The Morgan fingerprint density at radius 1 is 1.28 bits per heavy atom. The van der Waals surface area contributed by atoms with Gasteiger partial charge in [0.15, 0.2) is 0 Å². The number of aliphatic carboxylic acids is 1. The van der Waals surface area contributed by atoms with Crippen molar-refractivity contribution in [1.82, 2.24) is 10.2 Å². The van der Waals surface area contributed by atoms with Crippen LogP contribution in [-0.4, -0.2) is 47.2 Å². The highest BCUT2D eigenvalue weighted by atomic mass is 16.4. The van der Waals surface area contributed by atoms with Crippen LogP contribution in [0.3, 0.4) is 0 Å². The lowest BCUT2D eigenvalue weighted by Gasteiger charge is -2.43. The van der Waals surface area contributed by atoms with Gasteiger partial charge >= 0.3 is 5.97 Å². The topological polar surface area (TPSA) is 52.6 Å². The van der Waals surface area contributed by atoms with E-state index in [0.29, 0.717) is 12.1 Å². The molecular weight excluding hydrogens is 228 g/mol. The largest absolute Gasteiger partial charge is 0.481 e. The van der Waals surface area contributed by atoms with Crippen LogP contribution in [0.1, 0.15) is 51.9 Å². The molecule has 2 aliphatic rings. The second kappa shape index (κ2) is 6.53. The molecule has 0 aromatic rings.